The van der Waals surface area contributed by atoms with Gasteiger partial charge in [-0.15, -0.1) is 0 Å². The fourth-order valence-electron chi connectivity index (χ4n) is 2.14. The number of rotatable bonds is 9. The SMILES string of the molecule is COCCOCCN(c1ccc(CN)cc1)C1CC1. The maximum atomic E-state index is 5.63. The van der Waals surface area contributed by atoms with Gasteiger partial charge in [0.05, 0.1) is 19.8 Å². The Kier molecular flexibility index (Phi) is 5.63. The topological polar surface area (TPSA) is 47.7 Å². The second kappa shape index (κ2) is 7.48. The van der Waals surface area contributed by atoms with E-state index < -0.39 is 0 Å². The van der Waals surface area contributed by atoms with Crippen LogP contribution in [0.2, 0.25) is 0 Å². The molecular formula is C15H24N2O2. The molecule has 0 saturated heterocycles. The van der Waals surface area contributed by atoms with Crippen LogP contribution < -0.4 is 10.6 Å². The number of ether oxygens (including phenoxy) is 2. The van der Waals surface area contributed by atoms with Crippen molar-refractivity contribution in [2.24, 2.45) is 5.73 Å². The highest BCUT2D eigenvalue weighted by atomic mass is 16.5. The Morgan fingerprint density at radius 2 is 1.89 bits per heavy atom. The van der Waals surface area contributed by atoms with Crippen molar-refractivity contribution in [2.45, 2.75) is 25.4 Å². The highest BCUT2D eigenvalue weighted by Gasteiger charge is 2.28. The lowest BCUT2D eigenvalue weighted by Crippen LogP contribution is -2.30. The number of anilines is 1. The number of hydrogen-bond donors (Lipinski definition) is 1. The third-order valence-electron chi connectivity index (χ3n) is 3.40. The summed E-state index contributed by atoms with van der Waals surface area (Å²) in [6, 6.07) is 9.23. The van der Waals surface area contributed by atoms with Crippen LogP contribution in [0, 0.1) is 0 Å². The van der Waals surface area contributed by atoms with Crippen LogP contribution in [0.4, 0.5) is 5.69 Å². The normalized spacial score (nSPS) is 14.6. The van der Waals surface area contributed by atoms with Gasteiger partial charge in [0.2, 0.25) is 0 Å². The largest absolute Gasteiger partial charge is 0.382 e. The van der Waals surface area contributed by atoms with Gasteiger partial charge in [-0.3, -0.25) is 0 Å². The minimum absolute atomic E-state index is 0.601. The summed E-state index contributed by atoms with van der Waals surface area (Å²) in [5, 5.41) is 0. The van der Waals surface area contributed by atoms with Crippen LogP contribution in [0.5, 0.6) is 0 Å². The molecule has 0 amide bonds. The Hall–Kier alpha value is -1.10. The van der Waals surface area contributed by atoms with Gasteiger partial charge in [0.25, 0.3) is 0 Å². The van der Waals surface area contributed by atoms with Crippen LogP contribution in [0.25, 0.3) is 0 Å². The van der Waals surface area contributed by atoms with Crippen LogP contribution >= 0.6 is 0 Å². The fourth-order valence-corrected chi connectivity index (χ4v) is 2.14. The average Bonchev–Trinajstić information content (AvgIpc) is 3.28. The molecule has 19 heavy (non-hydrogen) atoms. The average molecular weight is 264 g/mol. The Morgan fingerprint density at radius 1 is 1.16 bits per heavy atom. The first-order valence-corrected chi connectivity index (χ1v) is 6.97. The van der Waals surface area contributed by atoms with E-state index in [1.54, 1.807) is 7.11 Å². The molecule has 1 aromatic carbocycles. The Labute approximate surface area is 115 Å². The quantitative estimate of drug-likeness (QED) is 0.691. The zero-order chi connectivity index (χ0) is 13.5. The predicted molar refractivity (Wildman–Crippen MR) is 77.4 cm³/mol. The standard InChI is InChI=1S/C15H24N2O2/c1-18-10-11-19-9-8-17(15-6-7-15)14-4-2-13(12-16)3-5-14/h2-5,15H,6-12,16H2,1H3. The summed E-state index contributed by atoms with van der Waals surface area (Å²) in [5.74, 6) is 0. The molecule has 106 valence electrons. The summed E-state index contributed by atoms with van der Waals surface area (Å²) in [4.78, 5) is 2.44. The second-order valence-corrected chi connectivity index (χ2v) is 4.90. The van der Waals surface area contributed by atoms with Gasteiger partial charge in [-0.1, -0.05) is 12.1 Å². The molecule has 1 aliphatic carbocycles. The third kappa shape index (κ3) is 4.49. The monoisotopic (exact) mass is 264 g/mol. The van der Waals surface area contributed by atoms with E-state index in [4.69, 9.17) is 15.2 Å². The first-order valence-electron chi connectivity index (χ1n) is 6.97. The number of nitrogens with zero attached hydrogens (tertiary/aromatic N) is 1. The zero-order valence-electron chi connectivity index (χ0n) is 11.7. The highest BCUT2D eigenvalue weighted by molar-refractivity contribution is 5.49. The van der Waals surface area contributed by atoms with E-state index in [9.17, 15) is 0 Å². The van der Waals surface area contributed by atoms with Crippen molar-refractivity contribution >= 4 is 5.69 Å². The Balaban J connectivity index is 1.84. The highest BCUT2D eigenvalue weighted by Crippen LogP contribution is 2.31. The summed E-state index contributed by atoms with van der Waals surface area (Å²) in [5.41, 5.74) is 8.08. The summed E-state index contributed by atoms with van der Waals surface area (Å²) in [6.45, 7) is 3.62. The molecule has 1 fully saturated rings. The van der Waals surface area contributed by atoms with Crippen LogP contribution in [-0.4, -0.2) is 39.5 Å². The van der Waals surface area contributed by atoms with E-state index in [1.807, 2.05) is 0 Å². The fraction of sp³-hybridized carbons (Fsp3) is 0.600. The first kappa shape index (κ1) is 14.3. The Morgan fingerprint density at radius 3 is 2.47 bits per heavy atom. The number of methoxy groups -OCH3 is 1. The van der Waals surface area contributed by atoms with Crippen molar-refractivity contribution in [1.29, 1.82) is 0 Å². The second-order valence-electron chi connectivity index (χ2n) is 4.90. The maximum Gasteiger partial charge on any atom is 0.0701 e. The lowest BCUT2D eigenvalue weighted by atomic mass is 10.2. The van der Waals surface area contributed by atoms with Gasteiger partial charge in [0, 0.05) is 31.9 Å². The van der Waals surface area contributed by atoms with Gasteiger partial charge >= 0.3 is 0 Å². The lowest BCUT2D eigenvalue weighted by molar-refractivity contribution is 0.0739. The van der Waals surface area contributed by atoms with Crippen LogP contribution in [-0.2, 0) is 16.0 Å². The van der Waals surface area contributed by atoms with E-state index >= 15 is 0 Å². The van der Waals surface area contributed by atoms with Crippen LogP contribution in [0.15, 0.2) is 24.3 Å². The molecule has 0 aromatic heterocycles. The van der Waals surface area contributed by atoms with Gasteiger partial charge < -0.3 is 20.1 Å². The van der Waals surface area contributed by atoms with Gasteiger partial charge in [-0.05, 0) is 30.5 Å². The smallest absolute Gasteiger partial charge is 0.0701 e. The van der Waals surface area contributed by atoms with Gasteiger partial charge in [-0.25, -0.2) is 0 Å². The van der Waals surface area contributed by atoms with Gasteiger partial charge in [0.15, 0.2) is 0 Å². The van der Waals surface area contributed by atoms with E-state index in [0.717, 1.165) is 13.2 Å². The molecule has 1 aromatic rings. The predicted octanol–water partition coefficient (Wildman–Crippen LogP) is 1.78. The van der Waals surface area contributed by atoms with Gasteiger partial charge in [0.1, 0.15) is 0 Å². The van der Waals surface area contributed by atoms with Crippen molar-refractivity contribution in [2.75, 3.05) is 38.4 Å². The molecule has 0 heterocycles. The van der Waals surface area contributed by atoms with Crippen molar-refractivity contribution in [3.05, 3.63) is 29.8 Å². The summed E-state index contributed by atoms with van der Waals surface area (Å²) in [6.07, 6.45) is 2.58. The van der Waals surface area contributed by atoms with E-state index in [-0.39, 0.29) is 0 Å². The third-order valence-corrected chi connectivity index (χ3v) is 3.40. The first-order chi connectivity index (χ1) is 9.35. The van der Waals surface area contributed by atoms with E-state index in [2.05, 4.69) is 29.2 Å². The molecule has 2 N–H and O–H groups in total. The molecule has 0 spiro atoms. The Bertz CT molecular complexity index is 363. The van der Waals surface area contributed by atoms with Crippen molar-refractivity contribution in [3.8, 4) is 0 Å². The van der Waals surface area contributed by atoms with E-state index in [1.165, 1.54) is 24.1 Å². The zero-order valence-corrected chi connectivity index (χ0v) is 11.7. The number of hydrogen-bond acceptors (Lipinski definition) is 4. The lowest BCUT2D eigenvalue weighted by Gasteiger charge is -2.24. The van der Waals surface area contributed by atoms with Crippen molar-refractivity contribution in [3.63, 3.8) is 0 Å². The minimum atomic E-state index is 0.601. The number of nitrogens with two attached hydrogens (primary N) is 1. The summed E-state index contributed by atoms with van der Waals surface area (Å²) in [7, 11) is 1.69. The maximum absolute atomic E-state index is 5.63. The molecule has 2 rings (SSSR count). The number of benzene rings is 1. The molecule has 0 atom stereocenters. The van der Waals surface area contributed by atoms with Crippen molar-refractivity contribution < 1.29 is 9.47 Å². The van der Waals surface area contributed by atoms with Crippen LogP contribution in [0.3, 0.4) is 0 Å². The molecular weight excluding hydrogens is 240 g/mol. The molecule has 4 nitrogen and oxygen atoms in total. The molecule has 4 heteroatoms. The van der Waals surface area contributed by atoms with Crippen LogP contribution in [0.1, 0.15) is 18.4 Å². The summed E-state index contributed by atoms with van der Waals surface area (Å²) >= 11 is 0. The molecule has 0 unspecified atom stereocenters. The molecule has 0 bridgehead atoms. The molecule has 0 aliphatic heterocycles. The van der Waals surface area contributed by atoms with Crippen molar-refractivity contribution in [1.82, 2.24) is 0 Å². The minimum Gasteiger partial charge on any atom is -0.382 e. The molecule has 1 aliphatic rings. The summed E-state index contributed by atoms with van der Waals surface area (Å²) < 4.78 is 10.5. The molecule has 0 radical (unpaired) electrons. The van der Waals surface area contributed by atoms with E-state index in [0.29, 0.717) is 25.8 Å². The molecule has 1 saturated carbocycles. The van der Waals surface area contributed by atoms with Gasteiger partial charge in [-0.2, -0.15) is 0 Å².